The summed E-state index contributed by atoms with van der Waals surface area (Å²) in [6.07, 6.45) is 2.17. The fourth-order valence-corrected chi connectivity index (χ4v) is 5.19. The van der Waals surface area contributed by atoms with E-state index in [4.69, 9.17) is 16.1 Å². The molecule has 0 spiro atoms. The van der Waals surface area contributed by atoms with Gasteiger partial charge in [0.25, 0.3) is 10.0 Å². The number of pyridine rings is 1. The molecule has 0 saturated carbocycles. The zero-order valence-corrected chi connectivity index (χ0v) is 19.2. The lowest BCUT2D eigenvalue weighted by Crippen LogP contribution is -2.13. The fourth-order valence-electron chi connectivity index (χ4n) is 3.96. The van der Waals surface area contributed by atoms with E-state index in [1.807, 2.05) is 54.1 Å². The van der Waals surface area contributed by atoms with E-state index in [1.54, 1.807) is 36.5 Å². The number of nitrogen functional groups attached to an aromatic ring is 1. The Morgan fingerprint density at radius 1 is 1.06 bits per heavy atom. The number of aromatic nitrogens is 3. The van der Waals surface area contributed by atoms with E-state index in [2.05, 4.69) is 9.71 Å². The second-order valence-corrected chi connectivity index (χ2v) is 9.67. The molecule has 170 valence electrons. The van der Waals surface area contributed by atoms with Crippen molar-refractivity contribution in [2.75, 3.05) is 4.72 Å². The number of benzene rings is 3. The summed E-state index contributed by atoms with van der Waals surface area (Å²) in [6, 6.07) is 21.5. The first-order chi connectivity index (χ1) is 16.3. The number of fused-ring (bicyclic) bond motifs is 2. The molecule has 4 N–H and O–H groups in total. The molecule has 0 aliphatic carbocycles. The quantitative estimate of drug-likeness (QED) is 0.257. The van der Waals surface area contributed by atoms with E-state index in [1.165, 1.54) is 0 Å². The third-order valence-corrected chi connectivity index (χ3v) is 7.15. The predicted molar refractivity (Wildman–Crippen MR) is 134 cm³/mol. The van der Waals surface area contributed by atoms with Gasteiger partial charge >= 0.3 is 0 Å². The highest BCUT2D eigenvalue weighted by molar-refractivity contribution is 7.93. The van der Waals surface area contributed by atoms with Crippen molar-refractivity contribution in [2.24, 2.45) is 12.8 Å². The van der Waals surface area contributed by atoms with E-state index in [0.717, 1.165) is 22.3 Å². The van der Waals surface area contributed by atoms with Gasteiger partial charge in [-0.15, -0.1) is 0 Å². The van der Waals surface area contributed by atoms with Crippen LogP contribution in [0, 0.1) is 5.41 Å². The van der Waals surface area contributed by atoms with Gasteiger partial charge in [0.1, 0.15) is 16.6 Å². The van der Waals surface area contributed by atoms with Gasteiger partial charge in [0, 0.05) is 30.6 Å². The second kappa shape index (κ2) is 8.27. The molecule has 2 heterocycles. The first-order valence-corrected chi connectivity index (χ1v) is 12.1. The topological polar surface area (TPSA) is 127 Å². The number of nitrogens with one attached hydrogen (secondary N) is 2. The molecule has 34 heavy (non-hydrogen) atoms. The number of para-hydroxylation sites is 1. The maximum Gasteiger partial charge on any atom is 0.264 e. The number of rotatable bonds is 6. The standard InChI is InChI=1S/C25H22N6O2S/c1-31-21-12-11-19(30-34(32,33)22-6-2-4-17-5-3-13-28-24(17)22)15-20(21)29-23(31)14-16-7-9-18(10-8-16)25(26)27/h2-13,15,30H,14H2,1H3,(H3,26,27). The molecule has 0 atom stereocenters. The van der Waals surface area contributed by atoms with Gasteiger partial charge in [-0.3, -0.25) is 15.1 Å². The van der Waals surface area contributed by atoms with Crippen LogP contribution in [-0.2, 0) is 23.5 Å². The van der Waals surface area contributed by atoms with Crippen molar-refractivity contribution in [3.63, 3.8) is 0 Å². The maximum absolute atomic E-state index is 13.1. The Morgan fingerprint density at radius 3 is 2.59 bits per heavy atom. The summed E-state index contributed by atoms with van der Waals surface area (Å²) < 4.78 is 30.9. The molecule has 0 fully saturated rings. The van der Waals surface area contributed by atoms with Crippen molar-refractivity contribution in [3.8, 4) is 0 Å². The zero-order chi connectivity index (χ0) is 23.9. The van der Waals surface area contributed by atoms with Crippen LogP contribution >= 0.6 is 0 Å². The Hall–Kier alpha value is -4.24. The lowest BCUT2D eigenvalue weighted by Gasteiger charge is -2.10. The van der Waals surface area contributed by atoms with Crippen LogP contribution < -0.4 is 10.5 Å². The molecule has 9 heteroatoms. The molecule has 0 amide bonds. The summed E-state index contributed by atoms with van der Waals surface area (Å²) in [5.74, 6) is 0.868. The Morgan fingerprint density at radius 2 is 1.82 bits per heavy atom. The monoisotopic (exact) mass is 470 g/mol. The summed E-state index contributed by atoms with van der Waals surface area (Å²) in [6.45, 7) is 0. The number of hydrogen-bond donors (Lipinski definition) is 3. The summed E-state index contributed by atoms with van der Waals surface area (Å²) in [7, 11) is -1.92. The molecule has 0 unspecified atom stereocenters. The van der Waals surface area contributed by atoms with Gasteiger partial charge in [0.05, 0.1) is 22.2 Å². The molecule has 0 saturated heterocycles. The number of nitrogens with zero attached hydrogens (tertiary/aromatic N) is 3. The molecule has 3 aromatic carbocycles. The van der Waals surface area contributed by atoms with Gasteiger partial charge in [-0.25, -0.2) is 13.4 Å². The number of hydrogen-bond acceptors (Lipinski definition) is 5. The van der Waals surface area contributed by atoms with Gasteiger partial charge in [0.15, 0.2) is 0 Å². The molecule has 0 radical (unpaired) electrons. The van der Waals surface area contributed by atoms with Crippen LogP contribution in [0.1, 0.15) is 17.0 Å². The third-order valence-electron chi connectivity index (χ3n) is 5.74. The molecule has 0 aliphatic rings. The van der Waals surface area contributed by atoms with Crippen molar-refractivity contribution in [1.82, 2.24) is 14.5 Å². The van der Waals surface area contributed by atoms with E-state index in [9.17, 15) is 8.42 Å². The van der Waals surface area contributed by atoms with Crippen LogP contribution in [0.3, 0.4) is 0 Å². The number of imidazole rings is 1. The second-order valence-electron chi connectivity index (χ2n) is 8.01. The van der Waals surface area contributed by atoms with Crippen LogP contribution in [-0.4, -0.2) is 28.8 Å². The summed E-state index contributed by atoms with van der Waals surface area (Å²) >= 11 is 0. The molecular weight excluding hydrogens is 448 g/mol. The van der Waals surface area contributed by atoms with E-state index < -0.39 is 10.0 Å². The minimum absolute atomic E-state index is 0.0311. The van der Waals surface area contributed by atoms with Crippen molar-refractivity contribution >= 4 is 43.5 Å². The minimum atomic E-state index is -3.85. The number of anilines is 1. The smallest absolute Gasteiger partial charge is 0.264 e. The van der Waals surface area contributed by atoms with E-state index in [-0.39, 0.29) is 10.7 Å². The average Bonchev–Trinajstić information content (AvgIpc) is 3.13. The van der Waals surface area contributed by atoms with Crippen molar-refractivity contribution < 1.29 is 8.42 Å². The van der Waals surface area contributed by atoms with Crippen molar-refractivity contribution in [2.45, 2.75) is 11.3 Å². The van der Waals surface area contributed by atoms with Crippen molar-refractivity contribution in [1.29, 1.82) is 5.41 Å². The first-order valence-electron chi connectivity index (χ1n) is 10.6. The van der Waals surface area contributed by atoms with Gasteiger partial charge in [-0.2, -0.15) is 0 Å². The van der Waals surface area contributed by atoms with E-state index >= 15 is 0 Å². The molecule has 0 aliphatic heterocycles. The number of aryl methyl sites for hydroxylation is 1. The van der Waals surface area contributed by atoms with Crippen LogP contribution in [0.15, 0.2) is 83.9 Å². The van der Waals surface area contributed by atoms with Gasteiger partial charge in [-0.1, -0.05) is 42.5 Å². The molecule has 5 aromatic rings. The highest BCUT2D eigenvalue weighted by Crippen LogP contribution is 2.26. The molecule has 8 nitrogen and oxygen atoms in total. The maximum atomic E-state index is 13.1. The normalized spacial score (nSPS) is 11.7. The zero-order valence-electron chi connectivity index (χ0n) is 18.4. The third kappa shape index (κ3) is 3.97. The van der Waals surface area contributed by atoms with Crippen LogP contribution in [0.4, 0.5) is 5.69 Å². The fraction of sp³-hybridized carbons (Fsp3) is 0.0800. The molecule has 5 rings (SSSR count). The van der Waals surface area contributed by atoms with E-state index in [0.29, 0.717) is 28.7 Å². The lowest BCUT2D eigenvalue weighted by molar-refractivity contribution is 0.602. The first kappa shape index (κ1) is 21.6. The molecule has 0 bridgehead atoms. The highest BCUT2D eigenvalue weighted by atomic mass is 32.2. The summed E-state index contributed by atoms with van der Waals surface area (Å²) in [5, 5.41) is 8.28. The Bertz CT molecular complexity index is 1650. The highest BCUT2D eigenvalue weighted by Gasteiger charge is 2.19. The lowest BCUT2D eigenvalue weighted by atomic mass is 10.1. The van der Waals surface area contributed by atoms with Crippen LogP contribution in [0.2, 0.25) is 0 Å². The number of sulfonamides is 1. The Labute approximate surface area is 196 Å². The molecular formula is C25H22N6O2S. The minimum Gasteiger partial charge on any atom is -0.384 e. The largest absolute Gasteiger partial charge is 0.384 e. The summed E-state index contributed by atoms with van der Waals surface area (Å²) in [5.41, 5.74) is 9.67. The number of amidine groups is 1. The average molecular weight is 471 g/mol. The van der Waals surface area contributed by atoms with Crippen LogP contribution in [0.5, 0.6) is 0 Å². The van der Waals surface area contributed by atoms with Crippen molar-refractivity contribution in [3.05, 3.63) is 95.9 Å². The summed E-state index contributed by atoms with van der Waals surface area (Å²) in [4.78, 5) is 9.11. The Balaban J connectivity index is 1.44. The SMILES string of the molecule is Cn1c(Cc2ccc(C(=N)N)cc2)nc2cc(NS(=O)(=O)c3cccc4cccnc34)ccc21. The van der Waals surface area contributed by atoms with Crippen LogP contribution in [0.25, 0.3) is 21.9 Å². The van der Waals surface area contributed by atoms with Gasteiger partial charge < -0.3 is 10.3 Å². The predicted octanol–water partition coefficient (Wildman–Crippen LogP) is 3.80. The van der Waals surface area contributed by atoms with Gasteiger partial charge in [-0.05, 0) is 35.9 Å². The Kier molecular flexibility index (Phi) is 5.25. The molecule has 2 aromatic heterocycles. The van der Waals surface area contributed by atoms with Gasteiger partial charge in [0.2, 0.25) is 0 Å². The number of nitrogens with two attached hydrogens (primary N) is 1.